The fraction of sp³-hybridized carbons (Fsp3) is 0.529. The third kappa shape index (κ3) is 2.53. The molecule has 1 amide bonds. The molecule has 3 aromatic heterocycles. The summed E-state index contributed by atoms with van der Waals surface area (Å²) in [6, 6.07) is 2.51. The molecule has 7 nitrogen and oxygen atoms in total. The first-order valence-corrected chi connectivity index (χ1v) is 8.61. The molecule has 3 heterocycles. The molecular weight excluding hydrogens is 304 g/mol. The van der Waals surface area contributed by atoms with Crippen LogP contribution in [0.15, 0.2) is 18.5 Å². The molecule has 1 aliphatic carbocycles. The summed E-state index contributed by atoms with van der Waals surface area (Å²) in [4.78, 5) is 19.7. The highest BCUT2D eigenvalue weighted by atomic mass is 16.1. The number of nitrogens with one attached hydrogen (secondary N) is 2. The van der Waals surface area contributed by atoms with E-state index in [4.69, 9.17) is 0 Å². The maximum absolute atomic E-state index is 12.2. The van der Waals surface area contributed by atoms with Gasteiger partial charge in [0.15, 0.2) is 0 Å². The van der Waals surface area contributed by atoms with Crippen LogP contribution in [0.25, 0.3) is 22.1 Å². The monoisotopic (exact) mass is 326 g/mol. The van der Waals surface area contributed by atoms with Crippen LogP contribution in [0, 0.1) is 5.92 Å². The highest BCUT2D eigenvalue weighted by Crippen LogP contribution is 2.34. The fourth-order valence-corrected chi connectivity index (χ4v) is 3.68. The number of carbonyl (C=O) groups excluding carboxylic acids is 1. The maximum atomic E-state index is 12.2. The molecule has 0 aromatic carbocycles. The van der Waals surface area contributed by atoms with Gasteiger partial charge in [0.05, 0.1) is 12.2 Å². The van der Waals surface area contributed by atoms with E-state index >= 15 is 0 Å². The summed E-state index contributed by atoms with van der Waals surface area (Å²) in [5.74, 6) is 0.302. The van der Waals surface area contributed by atoms with Crippen molar-refractivity contribution in [2.75, 3.05) is 0 Å². The molecule has 0 bridgehead atoms. The van der Waals surface area contributed by atoms with Crippen molar-refractivity contribution in [1.29, 1.82) is 0 Å². The Morgan fingerprint density at radius 2 is 2.12 bits per heavy atom. The Labute approximate surface area is 139 Å². The van der Waals surface area contributed by atoms with Crippen LogP contribution >= 0.6 is 0 Å². The number of hydrogen-bond acceptors (Lipinski definition) is 4. The highest BCUT2D eigenvalue weighted by molar-refractivity contribution is 6.00. The first-order chi connectivity index (χ1) is 11.6. The maximum Gasteiger partial charge on any atom is 0.223 e. The van der Waals surface area contributed by atoms with Gasteiger partial charge < -0.3 is 10.3 Å². The molecule has 24 heavy (non-hydrogen) atoms. The summed E-state index contributed by atoms with van der Waals surface area (Å²) in [6.45, 7) is 4.00. The minimum atomic E-state index is 0.118. The Hall–Kier alpha value is -2.44. The van der Waals surface area contributed by atoms with Gasteiger partial charge in [0.1, 0.15) is 16.7 Å². The first-order valence-electron chi connectivity index (χ1n) is 8.61. The molecule has 0 radical (unpaired) electrons. The van der Waals surface area contributed by atoms with E-state index < -0.39 is 0 Å². The highest BCUT2D eigenvalue weighted by Gasteiger charge is 2.29. The Morgan fingerprint density at radius 3 is 2.88 bits per heavy atom. The van der Waals surface area contributed by atoms with E-state index in [1.165, 1.54) is 0 Å². The summed E-state index contributed by atoms with van der Waals surface area (Å²) < 4.78 is 2.03. The molecule has 7 heteroatoms. The van der Waals surface area contributed by atoms with E-state index in [1.54, 1.807) is 6.20 Å². The minimum Gasteiger partial charge on any atom is -0.354 e. The van der Waals surface area contributed by atoms with E-state index in [2.05, 4.69) is 25.6 Å². The van der Waals surface area contributed by atoms with Crippen molar-refractivity contribution in [3.63, 3.8) is 0 Å². The third-order valence-corrected chi connectivity index (χ3v) is 4.86. The van der Waals surface area contributed by atoms with Crippen LogP contribution in [0.3, 0.4) is 0 Å². The Bertz CT molecular complexity index is 872. The van der Waals surface area contributed by atoms with Gasteiger partial charge in [-0.15, -0.1) is 5.10 Å². The van der Waals surface area contributed by atoms with Crippen LogP contribution in [0.4, 0.5) is 0 Å². The number of rotatable bonds is 3. The van der Waals surface area contributed by atoms with Crippen molar-refractivity contribution < 1.29 is 4.79 Å². The molecule has 0 atom stereocenters. The van der Waals surface area contributed by atoms with E-state index in [0.717, 1.165) is 47.8 Å². The van der Waals surface area contributed by atoms with Crippen LogP contribution in [0.2, 0.25) is 0 Å². The Balaban J connectivity index is 1.57. The van der Waals surface area contributed by atoms with Crippen molar-refractivity contribution in [2.45, 2.75) is 51.6 Å². The summed E-state index contributed by atoms with van der Waals surface area (Å²) in [7, 11) is 0. The fourth-order valence-electron chi connectivity index (χ4n) is 3.68. The lowest BCUT2D eigenvalue weighted by Crippen LogP contribution is -2.37. The molecule has 126 valence electrons. The van der Waals surface area contributed by atoms with Gasteiger partial charge in [-0.1, -0.05) is 5.21 Å². The molecular formula is C17H22N6O. The van der Waals surface area contributed by atoms with E-state index in [9.17, 15) is 4.79 Å². The molecule has 0 unspecified atom stereocenters. The minimum absolute atomic E-state index is 0.118. The van der Waals surface area contributed by atoms with E-state index in [-0.39, 0.29) is 17.9 Å². The van der Waals surface area contributed by atoms with E-state index in [0.29, 0.717) is 6.04 Å². The number of amides is 1. The molecule has 1 aliphatic rings. The molecule has 2 N–H and O–H groups in total. The number of aromatic nitrogens is 5. The zero-order chi connectivity index (χ0) is 16.7. The second-order valence-electron chi connectivity index (χ2n) is 6.93. The van der Waals surface area contributed by atoms with Gasteiger partial charge in [-0.05, 0) is 45.6 Å². The normalized spacial score (nSPS) is 21.6. The Morgan fingerprint density at radius 1 is 1.33 bits per heavy atom. The van der Waals surface area contributed by atoms with Gasteiger partial charge in [0.25, 0.3) is 0 Å². The van der Waals surface area contributed by atoms with Crippen LogP contribution < -0.4 is 5.32 Å². The van der Waals surface area contributed by atoms with Crippen molar-refractivity contribution in [1.82, 2.24) is 30.3 Å². The zero-order valence-corrected chi connectivity index (χ0v) is 14.0. The third-order valence-electron chi connectivity index (χ3n) is 4.86. The topological polar surface area (TPSA) is 88.5 Å². The van der Waals surface area contributed by atoms with Crippen LogP contribution in [0.1, 0.15) is 45.6 Å². The summed E-state index contributed by atoms with van der Waals surface area (Å²) in [5.41, 5.74) is 2.72. The van der Waals surface area contributed by atoms with Crippen LogP contribution in [0.5, 0.6) is 0 Å². The molecule has 4 rings (SSSR count). The van der Waals surface area contributed by atoms with Gasteiger partial charge >= 0.3 is 0 Å². The second-order valence-corrected chi connectivity index (χ2v) is 6.93. The molecule has 1 saturated carbocycles. The second kappa shape index (κ2) is 5.89. The number of pyridine rings is 1. The van der Waals surface area contributed by atoms with Gasteiger partial charge in [-0.2, -0.15) is 0 Å². The van der Waals surface area contributed by atoms with Crippen molar-refractivity contribution in [3.8, 4) is 0 Å². The average Bonchev–Trinajstić information content (AvgIpc) is 3.20. The summed E-state index contributed by atoms with van der Waals surface area (Å²) in [5, 5.41) is 12.7. The van der Waals surface area contributed by atoms with Gasteiger partial charge in [-0.3, -0.25) is 4.79 Å². The predicted molar refractivity (Wildman–Crippen MR) is 91.5 cm³/mol. The van der Waals surface area contributed by atoms with E-state index in [1.807, 2.05) is 30.8 Å². The molecule has 3 aromatic rings. The summed E-state index contributed by atoms with van der Waals surface area (Å²) in [6.07, 6.45) is 7.34. The van der Waals surface area contributed by atoms with Crippen LogP contribution in [-0.4, -0.2) is 36.9 Å². The molecule has 0 spiro atoms. The van der Waals surface area contributed by atoms with Gasteiger partial charge in [0, 0.05) is 23.5 Å². The zero-order valence-electron chi connectivity index (χ0n) is 14.0. The molecule has 1 fully saturated rings. The largest absolute Gasteiger partial charge is 0.354 e. The number of aromatic amines is 1. The van der Waals surface area contributed by atoms with Gasteiger partial charge in [-0.25, -0.2) is 9.67 Å². The number of nitrogens with zero attached hydrogens (tertiary/aromatic N) is 4. The average molecular weight is 326 g/mol. The lowest BCUT2D eigenvalue weighted by atomic mass is 9.85. The lowest BCUT2D eigenvalue weighted by molar-refractivity contribution is -0.126. The van der Waals surface area contributed by atoms with Crippen molar-refractivity contribution in [3.05, 3.63) is 18.5 Å². The van der Waals surface area contributed by atoms with Gasteiger partial charge in [0.2, 0.25) is 5.91 Å². The standard InChI is InChI=1S/C17H22N6O/c1-10(2)20-17(24)11-3-5-12(6-4-11)23-15-13-7-8-18-16(13)19-9-14(15)21-22-23/h7-12H,3-6H2,1-2H3,(H,18,19)(H,20,24)/t11-,12-. The molecule has 0 aliphatic heterocycles. The first kappa shape index (κ1) is 15.1. The van der Waals surface area contributed by atoms with Crippen LogP contribution in [-0.2, 0) is 4.79 Å². The smallest absolute Gasteiger partial charge is 0.223 e. The lowest BCUT2D eigenvalue weighted by Gasteiger charge is -2.28. The number of carbonyl (C=O) groups is 1. The predicted octanol–water partition coefficient (Wildman–Crippen LogP) is 2.56. The number of hydrogen-bond donors (Lipinski definition) is 2. The summed E-state index contributed by atoms with van der Waals surface area (Å²) >= 11 is 0. The SMILES string of the molecule is CC(C)NC(=O)[C@H]1CC[C@H](n2nnc3cnc4[nH]ccc4c32)CC1. The van der Waals surface area contributed by atoms with Crippen molar-refractivity contribution >= 4 is 28.0 Å². The van der Waals surface area contributed by atoms with Crippen molar-refractivity contribution in [2.24, 2.45) is 5.92 Å². The molecule has 0 saturated heterocycles. The Kier molecular flexibility index (Phi) is 3.70. The quantitative estimate of drug-likeness (QED) is 0.774. The number of fused-ring (bicyclic) bond motifs is 3. The number of H-pyrrole nitrogens is 1.